The summed E-state index contributed by atoms with van der Waals surface area (Å²) in [4.78, 5) is 16.9. The quantitative estimate of drug-likeness (QED) is 0.342. The van der Waals surface area contributed by atoms with Crippen LogP contribution < -0.4 is 15.4 Å². The zero-order valence-electron chi connectivity index (χ0n) is 18.0. The van der Waals surface area contributed by atoms with Gasteiger partial charge in [-0.15, -0.1) is 0 Å². The van der Waals surface area contributed by atoms with Crippen LogP contribution in [0.4, 0.5) is 17.1 Å². The number of thiocarbonyl (C=S) groups is 1. The van der Waals surface area contributed by atoms with Crippen LogP contribution in [0.3, 0.4) is 0 Å². The number of anilines is 3. The van der Waals surface area contributed by atoms with E-state index in [-0.39, 0.29) is 0 Å². The van der Waals surface area contributed by atoms with Crippen molar-refractivity contribution in [1.82, 2.24) is 4.98 Å². The largest absolute Gasteiger partial charge is 0.455 e. The first-order chi connectivity index (χ1) is 16.5. The van der Waals surface area contributed by atoms with E-state index in [1.54, 1.807) is 31.2 Å². The Morgan fingerprint density at radius 2 is 2.09 bits per heavy atom. The molecule has 1 aliphatic rings. The molecule has 0 saturated carbocycles. The summed E-state index contributed by atoms with van der Waals surface area (Å²) >= 11 is 11.4. The SMILES string of the molecule is CC#CC(=O)Nc1ccc2ncc(C#N)c(Nc3ccccc3OC3=CCC(=S)C(Cl)=C3)c2c1. The first-order valence-corrected chi connectivity index (χ1v) is 11.0. The van der Waals surface area contributed by atoms with Crippen molar-refractivity contribution in [3.8, 4) is 23.7 Å². The van der Waals surface area contributed by atoms with E-state index < -0.39 is 5.91 Å². The molecule has 8 heteroatoms. The summed E-state index contributed by atoms with van der Waals surface area (Å²) < 4.78 is 6.07. The van der Waals surface area contributed by atoms with Crippen molar-refractivity contribution in [2.24, 2.45) is 0 Å². The van der Waals surface area contributed by atoms with Crippen molar-refractivity contribution < 1.29 is 9.53 Å². The second-order valence-electron chi connectivity index (χ2n) is 7.17. The highest BCUT2D eigenvalue weighted by Gasteiger charge is 2.15. The summed E-state index contributed by atoms with van der Waals surface area (Å²) in [5, 5.41) is 16.9. The smallest absolute Gasteiger partial charge is 0.300 e. The fourth-order valence-electron chi connectivity index (χ4n) is 3.31. The number of nitrogens with one attached hydrogen (secondary N) is 2. The number of rotatable bonds is 5. The molecule has 0 fully saturated rings. The van der Waals surface area contributed by atoms with Gasteiger partial charge in [0, 0.05) is 34.6 Å². The highest BCUT2D eigenvalue weighted by atomic mass is 35.5. The molecular weight excluding hydrogens is 468 g/mol. The van der Waals surface area contributed by atoms with Gasteiger partial charge in [0.15, 0.2) is 5.75 Å². The lowest BCUT2D eigenvalue weighted by atomic mass is 10.1. The van der Waals surface area contributed by atoms with E-state index in [0.717, 1.165) is 0 Å². The van der Waals surface area contributed by atoms with Crippen molar-refractivity contribution in [1.29, 1.82) is 5.26 Å². The second-order valence-corrected chi connectivity index (χ2v) is 8.07. The highest BCUT2D eigenvalue weighted by Crippen LogP contribution is 2.35. The third-order valence-corrected chi connectivity index (χ3v) is 5.72. The molecule has 2 N–H and O–H groups in total. The van der Waals surface area contributed by atoms with Gasteiger partial charge in [0.2, 0.25) is 0 Å². The van der Waals surface area contributed by atoms with Gasteiger partial charge >= 0.3 is 0 Å². The zero-order valence-corrected chi connectivity index (χ0v) is 19.6. The van der Waals surface area contributed by atoms with Crippen LogP contribution in [0.2, 0.25) is 0 Å². The van der Waals surface area contributed by atoms with E-state index in [0.29, 0.717) is 61.4 Å². The molecule has 4 rings (SSSR count). The molecule has 0 unspecified atom stereocenters. The molecule has 3 aromatic rings. The lowest BCUT2D eigenvalue weighted by Crippen LogP contribution is -2.08. The van der Waals surface area contributed by atoms with Gasteiger partial charge in [-0.05, 0) is 49.3 Å². The number of halogens is 1. The van der Waals surface area contributed by atoms with Gasteiger partial charge in [-0.2, -0.15) is 5.26 Å². The number of carbonyl (C=O) groups excluding carboxylic acids is 1. The number of carbonyl (C=O) groups is 1. The number of aromatic nitrogens is 1. The summed E-state index contributed by atoms with van der Waals surface area (Å²) in [6.45, 7) is 1.59. The third kappa shape index (κ3) is 5.07. The number of benzene rings is 2. The number of hydrogen-bond acceptors (Lipinski definition) is 6. The monoisotopic (exact) mass is 484 g/mol. The molecule has 2 aromatic carbocycles. The third-order valence-electron chi connectivity index (χ3n) is 4.88. The number of fused-ring (bicyclic) bond motifs is 1. The van der Waals surface area contributed by atoms with Crippen molar-refractivity contribution in [3.63, 3.8) is 0 Å². The molecule has 1 aromatic heterocycles. The average Bonchev–Trinajstić information content (AvgIpc) is 2.83. The van der Waals surface area contributed by atoms with Crippen molar-refractivity contribution in [2.45, 2.75) is 13.3 Å². The van der Waals surface area contributed by atoms with Gasteiger partial charge in [-0.3, -0.25) is 9.78 Å². The number of hydrogen-bond donors (Lipinski definition) is 2. The van der Waals surface area contributed by atoms with Crippen LogP contribution in [0, 0.1) is 23.2 Å². The fraction of sp³-hybridized carbons (Fsp3) is 0.0769. The molecule has 1 amide bonds. The Balaban J connectivity index is 1.73. The predicted octanol–water partition coefficient (Wildman–Crippen LogP) is 5.97. The second kappa shape index (κ2) is 10.2. The minimum atomic E-state index is -0.425. The Labute approximate surface area is 206 Å². The van der Waals surface area contributed by atoms with Gasteiger partial charge in [0.1, 0.15) is 11.8 Å². The average molecular weight is 485 g/mol. The Hall–Kier alpha value is -4.17. The number of nitriles is 1. The van der Waals surface area contributed by atoms with Crippen LogP contribution >= 0.6 is 23.8 Å². The standard InChI is InChI=1S/C26H17ClN4O2S/c1-2-5-25(32)30-17-8-10-21-19(12-17)26(16(14-28)15-29-21)31-22-6-3-4-7-23(22)33-18-9-11-24(34)20(27)13-18/h3-4,6-10,12-13,15H,11H2,1H3,(H,29,31)(H,30,32). The Kier molecular flexibility index (Phi) is 6.89. The lowest BCUT2D eigenvalue weighted by Gasteiger charge is -2.17. The van der Waals surface area contributed by atoms with Crippen LogP contribution in [0.5, 0.6) is 5.75 Å². The van der Waals surface area contributed by atoms with E-state index in [2.05, 4.69) is 33.5 Å². The van der Waals surface area contributed by atoms with E-state index in [1.165, 1.54) is 6.20 Å². The lowest BCUT2D eigenvalue weighted by molar-refractivity contribution is -0.111. The number of nitrogens with zero attached hydrogens (tertiary/aromatic N) is 2. The normalized spacial score (nSPS) is 12.6. The molecule has 166 valence electrons. The maximum Gasteiger partial charge on any atom is 0.300 e. The number of para-hydroxylation sites is 2. The zero-order chi connectivity index (χ0) is 24.1. The van der Waals surface area contributed by atoms with Crippen molar-refractivity contribution >= 4 is 62.6 Å². The number of amides is 1. The molecule has 0 spiro atoms. The van der Waals surface area contributed by atoms with E-state index in [9.17, 15) is 10.1 Å². The predicted molar refractivity (Wildman–Crippen MR) is 138 cm³/mol. The van der Waals surface area contributed by atoms with Crippen molar-refractivity contribution in [2.75, 3.05) is 10.6 Å². The maximum atomic E-state index is 11.9. The summed E-state index contributed by atoms with van der Waals surface area (Å²) in [7, 11) is 0. The Morgan fingerprint density at radius 3 is 2.85 bits per heavy atom. The number of pyridine rings is 1. The minimum absolute atomic E-state index is 0.337. The minimum Gasteiger partial charge on any atom is -0.455 e. The molecule has 0 saturated heterocycles. The molecular formula is C26H17ClN4O2S. The Morgan fingerprint density at radius 1 is 1.26 bits per heavy atom. The number of allylic oxidation sites excluding steroid dienone is 3. The van der Waals surface area contributed by atoms with Gasteiger partial charge in [0.05, 0.1) is 27.5 Å². The van der Waals surface area contributed by atoms with Crippen molar-refractivity contribution in [3.05, 3.63) is 77.2 Å². The maximum absolute atomic E-state index is 11.9. The van der Waals surface area contributed by atoms with Crippen LogP contribution in [0.1, 0.15) is 18.9 Å². The first-order valence-electron chi connectivity index (χ1n) is 10.2. The molecule has 6 nitrogen and oxygen atoms in total. The molecule has 0 aliphatic heterocycles. The summed E-state index contributed by atoms with van der Waals surface area (Å²) in [6, 6.07) is 14.8. The van der Waals surface area contributed by atoms with Gasteiger partial charge in [-0.25, -0.2) is 0 Å². The molecule has 0 atom stereocenters. The first kappa shape index (κ1) is 23.0. The van der Waals surface area contributed by atoms with E-state index in [4.69, 9.17) is 28.6 Å². The van der Waals surface area contributed by atoms with Gasteiger partial charge in [0.25, 0.3) is 5.91 Å². The summed E-state index contributed by atoms with van der Waals surface area (Å²) in [5.74, 6) is 5.70. The van der Waals surface area contributed by atoms with Crippen LogP contribution in [0.15, 0.2) is 71.6 Å². The fourth-order valence-corrected chi connectivity index (χ4v) is 3.64. The van der Waals surface area contributed by atoms with Crippen LogP contribution in [-0.2, 0) is 4.79 Å². The summed E-state index contributed by atoms with van der Waals surface area (Å²) in [5.41, 5.74) is 2.69. The molecule has 1 aliphatic carbocycles. The summed E-state index contributed by atoms with van der Waals surface area (Å²) in [6.07, 6.45) is 5.57. The van der Waals surface area contributed by atoms with Gasteiger partial charge in [-0.1, -0.05) is 41.9 Å². The van der Waals surface area contributed by atoms with Gasteiger partial charge < -0.3 is 15.4 Å². The highest BCUT2D eigenvalue weighted by molar-refractivity contribution is 7.81. The van der Waals surface area contributed by atoms with Crippen LogP contribution in [0.25, 0.3) is 10.9 Å². The van der Waals surface area contributed by atoms with Crippen LogP contribution in [-0.4, -0.2) is 15.8 Å². The Bertz CT molecular complexity index is 1490. The van der Waals surface area contributed by atoms with E-state index in [1.807, 2.05) is 30.3 Å². The van der Waals surface area contributed by atoms with E-state index >= 15 is 0 Å². The molecule has 34 heavy (non-hydrogen) atoms. The number of ether oxygens (including phenoxy) is 1. The molecule has 0 bridgehead atoms. The molecule has 0 radical (unpaired) electrons. The topological polar surface area (TPSA) is 87.0 Å². The molecule has 1 heterocycles.